The van der Waals surface area contributed by atoms with E-state index in [0.717, 1.165) is 26.2 Å². The Morgan fingerprint density at radius 2 is 2.17 bits per heavy atom. The second-order valence-corrected chi connectivity index (χ2v) is 5.80. The normalized spacial score (nSPS) is 12.4. The number of hydrogen-bond acceptors (Lipinski definition) is 3. The number of halogens is 1. The summed E-state index contributed by atoms with van der Waals surface area (Å²) in [5.41, 5.74) is 1.99. The second kappa shape index (κ2) is 5.87. The van der Waals surface area contributed by atoms with E-state index in [1.807, 2.05) is 43.5 Å². The molecule has 96 valence electrons. The van der Waals surface area contributed by atoms with Gasteiger partial charge >= 0.3 is 0 Å². The zero-order valence-corrected chi connectivity index (χ0v) is 12.7. The van der Waals surface area contributed by atoms with Crippen LogP contribution in [0.15, 0.2) is 34.1 Å². The topological polar surface area (TPSA) is 29.5 Å². The fourth-order valence-corrected chi connectivity index (χ4v) is 3.22. The van der Waals surface area contributed by atoms with Crippen LogP contribution in [-0.2, 0) is 0 Å². The first-order valence-corrected chi connectivity index (χ1v) is 7.45. The van der Waals surface area contributed by atoms with Crippen LogP contribution in [0.2, 0.25) is 0 Å². The highest BCUT2D eigenvalue weighted by Gasteiger charge is 2.15. The van der Waals surface area contributed by atoms with Crippen LogP contribution in [0, 0.1) is 6.92 Å². The van der Waals surface area contributed by atoms with Crippen LogP contribution in [0.25, 0.3) is 0 Å². The Balaban J connectivity index is 2.29. The lowest BCUT2D eigenvalue weighted by Crippen LogP contribution is -2.00. The van der Waals surface area contributed by atoms with Crippen LogP contribution in [0.4, 0.5) is 0 Å². The molecule has 0 spiro atoms. The summed E-state index contributed by atoms with van der Waals surface area (Å²) in [6, 6.07) is 7.72. The molecule has 4 heteroatoms. The van der Waals surface area contributed by atoms with Gasteiger partial charge in [-0.3, -0.25) is 0 Å². The standard InChI is InChI=1S/C14H15BrO2S/c1-3-17-12-5-4-10(8-11(12)15)13(16)14-9(2)6-7-18-14/h4-8,13,16H,3H2,1-2H3. The summed E-state index contributed by atoms with van der Waals surface area (Å²) in [4.78, 5) is 0.992. The van der Waals surface area contributed by atoms with Crippen molar-refractivity contribution < 1.29 is 9.84 Å². The summed E-state index contributed by atoms with van der Waals surface area (Å²) in [7, 11) is 0. The Labute approximate surface area is 119 Å². The number of ether oxygens (including phenoxy) is 1. The molecule has 1 N–H and O–H groups in total. The van der Waals surface area contributed by atoms with Gasteiger partial charge in [0.05, 0.1) is 11.1 Å². The van der Waals surface area contributed by atoms with Gasteiger partial charge in [-0.1, -0.05) is 6.07 Å². The molecule has 1 atom stereocenters. The molecule has 0 saturated carbocycles. The lowest BCUT2D eigenvalue weighted by atomic mass is 10.1. The van der Waals surface area contributed by atoms with E-state index >= 15 is 0 Å². The van der Waals surface area contributed by atoms with Crippen LogP contribution >= 0.6 is 27.3 Å². The molecule has 1 unspecified atom stereocenters. The van der Waals surface area contributed by atoms with Crippen molar-refractivity contribution in [3.8, 4) is 5.75 Å². The van der Waals surface area contributed by atoms with Crippen LogP contribution in [-0.4, -0.2) is 11.7 Å². The minimum atomic E-state index is -0.572. The molecule has 1 aromatic carbocycles. The van der Waals surface area contributed by atoms with Gasteiger partial charge in [0.1, 0.15) is 11.9 Å². The monoisotopic (exact) mass is 326 g/mol. The van der Waals surface area contributed by atoms with E-state index in [9.17, 15) is 5.11 Å². The molecule has 0 bridgehead atoms. The summed E-state index contributed by atoms with van der Waals surface area (Å²) >= 11 is 5.04. The van der Waals surface area contributed by atoms with Crippen molar-refractivity contribution in [1.29, 1.82) is 0 Å². The number of aliphatic hydroxyl groups is 1. The number of thiophene rings is 1. The Hall–Kier alpha value is -0.840. The molecule has 0 aliphatic carbocycles. The van der Waals surface area contributed by atoms with Crippen LogP contribution in [0.1, 0.15) is 29.0 Å². The SMILES string of the molecule is CCOc1ccc(C(O)c2sccc2C)cc1Br. The first kappa shape index (κ1) is 13.6. The van der Waals surface area contributed by atoms with Gasteiger partial charge in [0.15, 0.2) is 0 Å². The second-order valence-electron chi connectivity index (χ2n) is 3.99. The first-order chi connectivity index (χ1) is 8.63. The molecule has 0 amide bonds. The molecule has 1 heterocycles. The van der Waals surface area contributed by atoms with Crippen LogP contribution in [0.3, 0.4) is 0 Å². The summed E-state index contributed by atoms with van der Waals surface area (Å²) < 4.78 is 6.33. The van der Waals surface area contributed by atoms with Crippen molar-refractivity contribution in [3.05, 3.63) is 50.1 Å². The Kier molecular flexibility index (Phi) is 4.43. The number of benzene rings is 1. The smallest absolute Gasteiger partial charge is 0.133 e. The molecule has 0 saturated heterocycles. The largest absolute Gasteiger partial charge is 0.493 e. The Bertz CT molecular complexity index is 536. The van der Waals surface area contributed by atoms with Crippen molar-refractivity contribution in [2.24, 2.45) is 0 Å². The van der Waals surface area contributed by atoms with E-state index in [1.165, 1.54) is 0 Å². The third kappa shape index (κ3) is 2.76. The molecule has 0 radical (unpaired) electrons. The molecule has 2 aromatic rings. The van der Waals surface area contributed by atoms with Crippen molar-refractivity contribution >= 4 is 27.3 Å². The van der Waals surface area contributed by atoms with E-state index in [2.05, 4.69) is 15.9 Å². The highest BCUT2D eigenvalue weighted by molar-refractivity contribution is 9.10. The number of rotatable bonds is 4. The quantitative estimate of drug-likeness (QED) is 0.907. The predicted molar refractivity (Wildman–Crippen MR) is 78.4 cm³/mol. The highest BCUT2D eigenvalue weighted by atomic mass is 79.9. The Morgan fingerprint density at radius 1 is 1.39 bits per heavy atom. The minimum absolute atomic E-state index is 0.572. The van der Waals surface area contributed by atoms with Gasteiger partial charge in [0, 0.05) is 4.88 Å². The number of aryl methyl sites for hydroxylation is 1. The lowest BCUT2D eigenvalue weighted by molar-refractivity contribution is 0.223. The maximum atomic E-state index is 10.4. The number of aliphatic hydroxyl groups excluding tert-OH is 1. The summed E-state index contributed by atoms with van der Waals surface area (Å²) in [6.45, 7) is 4.59. The molecular weight excluding hydrogens is 312 g/mol. The van der Waals surface area contributed by atoms with Crippen LogP contribution in [0.5, 0.6) is 5.75 Å². The fourth-order valence-electron chi connectivity index (χ4n) is 1.78. The summed E-state index contributed by atoms with van der Waals surface area (Å²) in [5, 5.41) is 12.4. The summed E-state index contributed by atoms with van der Waals surface area (Å²) in [5.74, 6) is 0.802. The first-order valence-electron chi connectivity index (χ1n) is 5.77. The van der Waals surface area contributed by atoms with Gasteiger partial charge in [0.2, 0.25) is 0 Å². The van der Waals surface area contributed by atoms with E-state index in [1.54, 1.807) is 11.3 Å². The zero-order chi connectivity index (χ0) is 13.1. The number of hydrogen-bond donors (Lipinski definition) is 1. The van der Waals surface area contributed by atoms with Crippen molar-refractivity contribution in [2.75, 3.05) is 6.61 Å². The average molecular weight is 327 g/mol. The van der Waals surface area contributed by atoms with E-state index in [4.69, 9.17) is 4.74 Å². The maximum absolute atomic E-state index is 10.4. The van der Waals surface area contributed by atoms with E-state index in [-0.39, 0.29) is 0 Å². The fraction of sp³-hybridized carbons (Fsp3) is 0.286. The molecule has 18 heavy (non-hydrogen) atoms. The van der Waals surface area contributed by atoms with Gasteiger partial charge in [0.25, 0.3) is 0 Å². The maximum Gasteiger partial charge on any atom is 0.133 e. The average Bonchev–Trinajstić information content (AvgIpc) is 2.77. The minimum Gasteiger partial charge on any atom is -0.493 e. The molecule has 2 nitrogen and oxygen atoms in total. The van der Waals surface area contributed by atoms with Crippen molar-refractivity contribution in [1.82, 2.24) is 0 Å². The van der Waals surface area contributed by atoms with Gasteiger partial charge < -0.3 is 9.84 Å². The van der Waals surface area contributed by atoms with Crippen LogP contribution < -0.4 is 4.74 Å². The van der Waals surface area contributed by atoms with Gasteiger partial charge in [-0.2, -0.15) is 0 Å². The Morgan fingerprint density at radius 3 is 2.72 bits per heavy atom. The molecule has 0 fully saturated rings. The third-order valence-corrected chi connectivity index (χ3v) is 4.41. The molecule has 0 aliphatic rings. The van der Waals surface area contributed by atoms with E-state index < -0.39 is 6.10 Å². The van der Waals surface area contributed by atoms with Crippen molar-refractivity contribution in [2.45, 2.75) is 20.0 Å². The molecule has 2 rings (SSSR count). The summed E-state index contributed by atoms with van der Waals surface area (Å²) in [6.07, 6.45) is -0.572. The molecule has 0 aliphatic heterocycles. The third-order valence-electron chi connectivity index (χ3n) is 2.72. The van der Waals surface area contributed by atoms with Gasteiger partial charge in [-0.15, -0.1) is 11.3 Å². The van der Waals surface area contributed by atoms with Crippen molar-refractivity contribution in [3.63, 3.8) is 0 Å². The van der Waals surface area contributed by atoms with E-state index in [0.29, 0.717) is 6.61 Å². The molecule has 1 aromatic heterocycles. The predicted octanol–water partition coefficient (Wildman–Crippen LogP) is 4.30. The highest BCUT2D eigenvalue weighted by Crippen LogP contribution is 2.33. The molecular formula is C14H15BrO2S. The lowest BCUT2D eigenvalue weighted by Gasteiger charge is -2.13. The zero-order valence-electron chi connectivity index (χ0n) is 10.3. The van der Waals surface area contributed by atoms with Gasteiger partial charge in [-0.25, -0.2) is 0 Å². The van der Waals surface area contributed by atoms with Gasteiger partial charge in [-0.05, 0) is 64.5 Å².